The van der Waals surface area contributed by atoms with Crippen molar-refractivity contribution in [3.05, 3.63) is 65.7 Å². The smallest absolute Gasteiger partial charge is 0.129 e. The summed E-state index contributed by atoms with van der Waals surface area (Å²) in [6.07, 6.45) is 0.893. The highest BCUT2D eigenvalue weighted by Crippen LogP contribution is 2.27. The lowest BCUT2D eigenvalue weighted by molar-refractivity contribution is 0.312. The summed E-state index contributed by atoms with van der Waals surface area (Å²) in [6.45, 7) is 4.20. The average Bonchev–Trinajstić information content (AvgIpc) is 2.63. The van der Waals surface area contributed by atoms with Crippen LogP contribution in [-0.2, 0) is 6.42 Å². The number of piperazine rings is 1. The number of hydrogen-bond acceptors (Lipinski definition) is 4. The highest BCUT2D eigenvalue weighted by atomic mass is 15.3. The predicted molar refractivity (Wildman–Crippen MR) is 105 cm³/mol. The Balaban J connectivity index is 1.76. The summed E-state index contributed by atoms with van der Waals surface area (Å²) in [7, 11) is 2.18. The molecule has 1 fully saturated rings. The first kappa shape index (κ1) is 15.9. The summed E-state index contributed by atoms with van der Waals surface area (Å²) >= 11 is 0. The number of nitrogen functional groups attached to an aromatic ring is 1. The molecule has 0 aliphatic carbocycles. The van der Waals surface area contributed by atoms with E-state index in [0.717, 1.165) is 55.0 Å². The van der Waals surface area contributed by atoms with Crippen LogP contribution in [0.5, 0.6) is 0 Å². The van der Waals surface area contributed by atoms with Crippen LogP contribution in [0.25, 0.3) is 10.9 Å². The number of hydrogen-bond donors (Lipinski definition) is 1. The molecule has 2 aromatic carbocycles. The Labute approximate surface area is 148 Å². The van der Waals surface area contributed by atoms with E-state index in [1.807, 2.05) is 18.2 Å². The van der Waals surface area contributed by atoms with Crippen molar-refractivity contribution >= 4 is 22.4 Å². The second kappa shape index (κ2) is 6.73. The maximum absolute atomic E-state index is 6.04. The molecule has 3 aromatic rings. The van der Waals surface area contributed by atoms with E-state index in [4.69, 9.17) is 10.7 Å². The number of rotatable bonds is 3. The van der Waals surface area contributed by atoms with Gasteiger partial charge in [-0.2, -0.15) is 0 Å². The van der Waals surface area contributed by atoms with E-state index in [2.05, 4.69) is 53.2 Å². The first-order chi connectivity index (χ1) is 12.2. The molecule has 0 bridgehead atoms. The molecular weight excluding hydrogens is 308 g/mol. The molecule has 0 unspecified atom stereocenters. The lowest BCUT2D eigenvalue weighted by Gasteiger charge is -2.33. The summed E-state index contributed by atoms with van der Waals surface area (Å²) in [5.41, 5.74) is 10.4. The highest BCUT2D eigenvalue weighted by molar-refractivity contribution is 5.87. The van der Waals surface area contributed by atoms with Crippen molar-refractivity contribution in [1.82, 2.24) is 9.88 Å². The van der Waals surface area contributed by atoms with Crippen molar-refractivity contribution in [2.75, 3.05) is 43.9 Å². The van der Waals surface area contributed by atoms with Crippen molar-refractivity contribution in [2.24, 2.45) is 0 Å². The molecule has 2 N–H and O–H groups in total. The summed E-state index contributed by atoms with van der Waals surface area (Å²) in [4.78, 5) is 9.68. The first-order valence-electron chi connectivity index (χ1n) is 8.85. The van der Waals surface area contributed by atoms with Crippen molar-refractivity contribution in [3.63, 3.8) is 0 Å². The van der Waals surface area contributed by atoms with Crippen molar-refractivity contribution in [1.29, 1.82) is 0 Å². The quantitative estimate of drug-likeness (QED) is 0.749. The van der Waals surface area contributed by atoms with Gasteiger partial charge in [0.1, 0.15) is 5.82 Å². The van der Waals surface area contributed by atoms with Gasteiger partial charge < -0.3 is 15.5 Å². The average molecular weight is 332 g/mol. The molecular formula is C21H24N4. The van der Waals surface area contributed by atoms with E-state index in [1.165, 1.54) is 11.1 Å². The van der Waals surface area contributed by atoms with Gasteiger partial charge in [0.15, 0.2) is 0 Å². The summed E-state index contributed by atoms with van der Waals surface area (Å²) in [5, 5.41) is 1.15. The van der Waals surface area contributed by atoms with Gasteiger partial charge in [0.05, 0.1) is 5.52 Å². The molecule has 0 spiro atoms. The van der Waals surface area contributed by atoms with Gasteiger partial charge in [-0.25, -0.2) is 4.98 Å². The number of nitrogens with zero attached hydrogens (tertiary/aromatic N) is 3. The monoisotopic (exact) mass is 332 g/mol. The number of nitrogens with two attached hydrogens (primary N) is 1. The molecule has 4 nitrogen and oxygen atoms in total. The Hall–Kier alpha value is -2.59. The van der Waals surface area contributed by atoms with Gasteiger partial charge >= 0.3 is 0 Å². The van der Waals surface area contributed by atoms with Gasteiger partial charge in [-0.15, -0.1) is 0 Å². The maximum atomic E-state index is 6.04. The lowest BCUT2D eigenvalue weighted by atomic mass is 10.0. The zero-order chi connectivity index (χ0) is 17.2. The van der Waals surface area contributed by atoms with Gasteiger partial charge in [-0.1, -0.05) is 30.3 Å². The summed E-state index contributed by atoms with van der Waals surface area (Å²) < 4.78 is 0. The van der Waals surface area contributed by atoms with Crippen LogP contribution >= 0.6 is 0 Å². The molecule has 1 aromatic heterocycles. The SMILES string of the molecule is CN1CCN(c2cc(Cc3ccccc3)c3cc(N)ccc3n2)CC1. The Morgan fingerprint density at radius 3 is 2.48 bits per heavy atom. The molecule has 0 amide bonds. The summed E-state index contributed by atoms with van der Waals surface area (Å²) in [6, 6.07) is 18.9. The number of aromatic nitrogens is 1. The fourth-order valence-electron chi connectivity index (χ4n) is 3.46. The number of anilines is 2. The minimum absolute atomic E-state index is 0.788. The molecule has 1 aliphatic rings. The fraction of sp³-hybridized carbons (Fsp3) is 0.286. The van der Waals surface area contributed by atoms with Crippen LogP contribution in [-0.4, -0.2) is 43.1 Å². The molecule has 4 rings (SSSR count). The number of likely N-dealkylation sites (N-methyl/N-ethyl adjacent to an activating group) is 1. The first-order valence-corrected chi connectivity index (χ1v) is 8.85. The largest absolute Gasteiger partial charge is 0.399 e. The minimum Gasteiger partial charge on any atom is -0.399 e. The lowest BCUT2D eigenvalue weighted by Crippen LogP contribution is -2.44. The normalized spacial score (nSPS) is 15.6. The molecule has 4 heteroatoms. The molecule has 0 atom stereocenters. The molecule has 25 heavy (non-hydrogen) atoms. The van der Waals surface area contributed by atoms with Gasteiger partial charge in [-0.05, 0) is 48.9 Å². The topological polar surface area (TPSA) is 45.4 Å². The van der Waals surface area contributed by atoms with Crippen molar-refractivity contribution < 1.29 is 0 Å². The second-order valence-electron chi connectivity index (χ2n) is 6.87. The van der Waals surface area contributed by atoms with Crippen molar-refractivity contribution in [2.45, 2.75) is 6.42 Å². The number of pyridine rings is 1. The van der Waals surface area contributed by atoms with Gasteiger partial charge in [0.25, 0.3) is 0 Å². The van der Waals surface area contributed by atoms with Crippen LogP contribution < -0.4 is 10.6 Å². The van der Waals surface area contributed by atoms with Crippen molar-refractivity contribution in [3.8, 4) is 0 Å². The summed E-state index contributed by atoms with van der Waals surface area (Å²) in [5.74, 6) is 1.08. The molecule has 0 radical (unpaired) electrons. The Morgan fingerprint density at radius 2 is 1.72 bits per heavy atom. The Kier molecular flexibility index (Phi) is 4.28. The van der Waals surface area contributed by atoms with Crippen LogP contribution in [0.2, 0.25) is 0 Å². The van der Waals surface area contributed by atoms with Crippen LogP contribution in [0.15, 0.2) is 54.6 Å². The van der Waals surface area contributed by atoms with Crippen LogP contribution in [0.1, 0.15) is 11.1 Å². The Bertz CT molecular complexity index is 868. The molecule has 2 heterocycles. The van der Waals surface area contributed by atoms with E-state index >= 15 is 0 Å². The van der Waals surface area contributed by atoms with E-state index in [0.29, 0.717) is 0 Å². The minimum atomic E-state index is 0.788. The highest BCUT2D eigenvalue weighted by Gasteiger charge is 2.17. The maximum Gasteiger partial charge on any atom is 0.129 e. The third-order valence-corrected chi connectivity index (χ3v) is 4.97. The molecule has 128 valence electrons. The molecule has 1 aliphatic heterocycles. The fourth-order valence-corrected chi connectivity index (χ4v) is 3.46. The van der Waals surface area contributed by atoms with E-state index < -0.39 is 0 Å². The predicted octanol–water partition coefficient (Wildman–Crippen LogP) is 3.16. The number of fused-ring (bicyclic) bond motifs is 1. The zero-order valence-electron chi connectivity index (χ0n) is 14.7. The van der Waals surface area contributed by atoms with E-state index in [1.54, 1.807) is 0 Å². The zero-order valence-corrected chi connectivity index (χ0v) is 14.7. The van der Waals surface area contributed by atoms with E-state index in [9.17, 15) is 0 Å². The third-order valence-electron chi connectivity index (χ3n) is 4.97. The molecule has 1 saturated heterocycles. The number of benzene rings is 2. The second-order valence-corrected chi connectivity index (χ2v) is 6.87. The van der Waals surface area contributed by atoms with Gasteiger partial charge in [0.2, 0.25) is 0 Å². The van der Waals surface area contributed by atoms with Gasteiger partial charge in [-0.3, -0.25) is 0 Å². The van der Waals surface area contributed by atoms with Gasteiger partial charge in [0, 0.05) is 37.3 Å². The van der Waals surface area contributed by atoms with Crippen LogP contribution in [0, 0.1) is 0 Å². The Morgan fingerprint density at radius 1 is 0.960 bits per heavy atom. The van der Waals surface area contributed by atoms with Crippen LogP contribution in [0.3, 0.4) is 0 Å². The van der Waals surface area contributed by atoms with E-state index in [-0.39, 0.29) is 0 Å². The van der Waals surface area contributed by atoms with Crippen LogP contribution in [0.4, 0.5) is 11.5 Å². The standard InChI is InChI=1S/C21H24N4/c1-24-9-11-25(12-10-24)21-14-17(13-16-5-3-2-4-6-16)19-15-18(22)7-8-20(19)23-21/h2-8,14-15H,9-13,22H2,1H3. The molecule has 0 saturated carbocycles. The third kappa shape index (κ3) is 3.44.